The molecule has 2 amide bonds. The lowest BCUT2D eigenvalue weighted by molar-refractivity contribution is 0.0527. The topological polar surface area (TPSA) is 103 Å². The molecular weight excluding hydrogens is 460 g/mol. The summed E-state index contributed by atoms with van der Waals surface area (Å²) in [5, 5.41) is 3.13. The molecule has 2 aliphatic heterocycles. The Morgan fingerprint density at radius 1 is 1.09 bits per heavy atom. The standard InChI is InChI=1S/C24H28N2O7S/c1-4-30-22(27)19-14(3)20(23(28)31-5-2)34-21(19)25-24(29)26-10-6-7-16(26)15-8-9-17-18(13-15)33-12-11-32-17/h8-9,13,16H,4-7,10-12H2,1-3H3,(H,25,29). The highest BCUT2D eigenvalue weighted by atomic mass is 32.1. The lowest BCUT2D eigenvalue weighted by Gasteiger charge is -2.27. The van der Waals surface area contributed by atoms with E-state index in [0.717, 1.165) is 29.7 Å². The molecule has 34 heavy (non-hydrogen) atoms. The van der Waals surface area contributed by atoms with Crippen LogP contribution in [0.1, 0.15) is 63.9 Å². The SMILES string of the molecule is CCOC(=O)c1sc(NC(=O)N2CCCC2c2ccc3c(c2)OCCO3)c(C(=O)OCC)c1C. The Morgan fingerprint density at radius 2 is 1.79 bits per heavy atom. The minimum atomic E-state index is -0.591. The Kier molecular flexibility index (Phi) is 7.26. The molecule has 2 aliphatic rings. The van der Waals surface area contributed by atoms with Crippen molar-refractivity contribution in [1.82, 2.24) is 4.90 Å². The van der Waals surface area contributed by atoms with Crippen molar-refractivity contribution in [3.63, 3.8) is 0 Å². The molecule has 2 aromatic rings. The summed E-state index contributed by atoms with van der Waals surface area (Å²) in [5.74, 6) is 0.246. The summed E-state index contributed by atoms with van der Waals surface area (Å²) in [4.78, 5) is 40.4. The maximum Gasteiger partial charge on any atom is 0.348 e. The summed E-state index contributed by atoms with van der Waals surface area (Å²) in [7, 11) is 0. The number of hydrogen-bond acceptors (Lipinski definition) is 8. The van der Waals surface area contributed by atoms with E-state index < -0.39 is 11.9 Å². The molecule has 1 aromatic heterocycles. The number of carbonyl (C=O) groups is 3. The predicted molar refractivity (Wildman–Crippen MR) is 126 cm³/mol. The molecule has 182 valence electrons. The zero-order valence-corrected chi connectivity index (χ0v) is 20.3. The van der Waals surface area contributed by atoms with Crippen molar-refractivity contribution in [1.29, 1.82) is 0 Å². The quantitative estimate of drug-likeness (QED) is 0.595. The molecule has 10 heteroatoms. The van der Waals surface area contributed by atoms with E-state index in [2.05, 4.69) is 5.32 Å². The lowest BCUT2D eigenvalue weighted by Crippen LogP contribution is -2.34. The minimum absolute atomic E-state index is 0.146. The van der Waals surface area contributed by atoms with E-state index in [-0.39, 0.29) is 40.7 Å². The molecule has 0 bridgehead atoms. The first-order valence-electron chi connectivity index (χ1n) is 11.4. The Morgan fingerprint density at radius 3 is 2.53 bits per heavy atom. The molecule has 1 fully saturated rings. The first-order chi connectivity index (χ1) is 16.4. The largest absolute Gasteiger partial charge is 0.486 e. The average Bonchev–Trinajstić information content (AvgIpc) is 3.44. The third-order valence-electron chi connectivity index (χ3n) is 5.77. The molecule has 0 radical (unpaired) electrons. The third-order valence-corrected chi connectivity index (χ3v) is 6.96. The van der Waals surface area contributed by atoms with Gasteiger partial charge in [0.1, 0.15) is 23.1 Å². The Balaban J connectivity index is 1.59. The van der Waals surface area contributed by atoms with Crippen LogP contribution in [-0.2, 0) is 9.47 Å². The summed E-state index contributed by atoms with van der Waals surface area (Å²) in [6.45, 7) is 7.01. The smallest absolute Gasteiger partial charge is 0.348 e. The van der Waals surface area contributed by atoms with Gasteiger partial charge in [-0.15, -0.1) is 11.3 Å². The summed E-state index contributed by atoms with van der Waals surface area (Å²) < 4.78 is 21.6. The van der Waals surface area contributed by atoms with E-state index in [0.29, 0.717) is 36.8 Å². The van der Waals surface area contributed by atoms with E-state index in [1.54, 1.807) is 25.7 Å². The number of likely N-dealkylation sites (tertiary alicyclic amines) is 1. The molecule has 1 atom stereocenters. The average molecular weight is 489 g/mol. The van der Waals surface area contributed by atoms with E-state index in [1.807, 2.05) is 18.2 Å². The normalized spacial score (nSPS) is 16.8. The summed E-state index contributed by atoms with van der Waals surface area (Å²) in [6, 6.07) is 5.24. The molecule has 0 spiro atoms. The zero-order valence-electron chi connectivity index (χ0n) is 19.5. The highest BCUT2D eigenvalue weighted by Gasteiger charge is 2.33. The number of anilines is 1. The van der Waals surface area contributed by atoms with Gasteiger partial charge in [0.05, 0.1) is 24.8 Å². The number of ether oxygens (including phenoxy) is 4. The fourth-order valence-corrected chi connectivity index (χ4v) is 5.31. The highest BCUT2D eigenvalue weighted by Crippen LogP contribution is 2.39. The Labute approximate surface area is 201 Å². The number of carbonyl (C=O) groups excluding carboxylic acids is 3. The second-order valence-corrected chi connectivity index (χ2v) is 8.91. The third kappa shape index (κ3) is 4.68. The van der Waals surface area contributed by atoms with Crippen LogP contribution in [0.5, 0.6) is 11.5 Å². The molecular formula is C24H28N2O7S. The van der Waals surface area contributed by atoms with Gasteiger partial charge >= 0.3 is 18.0 Å². The number of hydrogen-bond donors (Lipinski definition) is 1. The Hall–Kier alpha value is -3.27. The van der Waals surface area contributed by atoms with Crippen molar-refractivity contribution in [2.45, 2.75) is 39.7 Å². The monoisotopic (exact) mass is 488 g/mol. The number of thiophene rings is 1. The number of esters is 2. The van der Waals surface area contributed by atoms with Crippen LogP contribution in [-0.4, -0.2) is 55.8 Å². The van der Waals surface area contributed by atoms with Gasteiger partial charge < -0.3 is 23.8 Å². The van der Waals surface area contributed by atoms with Gasteiger partial charge in [-0.25, -0.2) is 14.4 Å². The lowest BCUT2D eigenvalue weighted by atomic mass is 10.0. The highest BCUT2D eigenvalue weighted by molar-refractivity contribution is 7.18. The maximum atomic E-state index is 13.3. The van der Waals surface area contributed by atoms with Crippen LogP contribution in [0.25, 0.3) is 0 Å². The fourth-order valence-electron chi connectivity index (χ4n) is 4.23. The molecule has 0 saturated carbocycles. The molecule has 1 aromatic carbocycles. The van der Waals surface area contributed by atoms with Crippen molar-refractivity contribution < 1.29 is 33.3 Å². The van der Waals surface area contributed by atoms with E-state index in [9.17, 15) is 14.4 Å². The van der Waals surface area contributed by atoms with Crippen molar-refractivity contribution in [3.05, 3.63) is 39.8 Å². The van der Waals surface area contributed by atoms with Gasteiger partial charge in [0.15, 0.2) is 11.5 Å². The van der Waals surface area contributed by atoms with E-state index >= 15 is 0 Å². The van der Waals surface area contributed by atoms with E-state index in [4.69, 9.17) is 18.9 Å². The predicted octanol–water partition coefficient (Wildman–Crippen LogP) is 4.55. The molecule has 1 saturated heterocycles. The summed E-state index contributed by atoms with van der Waals surface area (Å²) >= 11 is 1.02. The second-order valence-electron chi connectivity index (χ2n) is 7.89. The van der Waals surface area contributed by atoms with Crippen LogP contribution in [0.15, 0.2) is 18.2 Å². The molecule has 3 heterocycles. The maximum absolute atomic E-state index is 13.3. The van der Waals surface area contributed by atoms with Crippen molar-refractivity contribution >= 4 is 34.3 Å². The van der Waals surface area contributed by atoms with Crippen molar-refractivity contribution in [2.24, 2.45) is 0 Å². The first-order valence-corrected chi connectivity index (χ1v) is 12.2. The summed E-state index contributed by atoms with van der Waals surface area (Å²) in [6.07, 6.45) is 1.64. The van der Waals surface area contributed by atoms with Crippen molar-refractivity contribution in [2.75, 3.05) is 38.3 Å². The minimum Gasteiger partial charge on any atom is -0.486 e. The van der Waals surface area contributed by atoms with Crippen LogP contribution < -0.4 is 14.8 Å². The van der Waals surface area contributed by atoms with Crippen LogP contribution in [0.2, 0.25) is 0 Å². The number of nitrogens with one attached hydrogen (secondary N) is 1. The van der Waals surface area contributed by atoms with Gasteiger partial charge in [-0.1, -0.05) is 6.07 Å². The first kappa shape index (κ1) is 23.9. The van der Waals surface area contributed by atoms with Gasteiger partial charge in [-0.2, -0.15) is 0 Å². The number of benzene rings is 1. The van der Waals surface area contributed by atoms with Gasteiger partial charge in [0.25, 0.3) is 0 Å². The molecule has 1 N–H and O–H groups in total. The van der Waals surface area contributed by atoms with Gasteiger partial charge in [-0.3, -0.25) is 5.32 Å². The van der Waals surface area contributed by atoms with Gasteiger partial charge in [0, 0.05) is 6.54 Å². The molecule has 4 rings (SSSR count). The van der Waals surface area contributed by atoms with Crippen LogP contribution in [0.3, 0.4) is 0 Å². The van der Waals surface area contributed by atoms with Crippen LogP contribution in [0.4, 0.5) is 9.80 Å². The zero-order chi connectivity index (χ0) is 24.2. The summed E-state index contributed by atoms with van der Waals surface area (Å²) in [5.41, 5.74) is 1.57. The number of fused-ring (bicyclic) bond motifs is 1. The molecule has 0 aliphatic carbocycles. The molecule has 9 nitrogen and oxygen atoms in total. The number of nitrogens with zero attached hydrogens (tertiary/aromatic N) is 1. The second kappa shape index (κ2) is 10.3. The fraction of sp³-hybridized carbons (Fsp3) is 0.458. The van der Waals surface area contributed by atoms with Crippen LogP contribution >= 0.6 is 11.3 Å². The van der Waals surface area contributed by atoms with E-state index in [1.165, 1.54) is 0 Å². The van der Waals surface area contributed by atoms with Gasteiger partial charge in [0.2, 0.25) is 0 Å². The Bertz CT molecular complexity index is 1100. The van der Waals surface area contributed by atoms with Crippen molar-refractivity contribution in [3.8, 4) is 11.5 Å². The number of urea groups is 1. The van der Waals surface area contributed by atoms with Gasteiger partial charge in [-0.05, 0) is 56.9 Å². The number of rotatable bonds is 6. The number of amides is 2. The van der Waals surface area contributed by atoms with Crippen LogP contribution in [0, 0.1) is 6.92 Å². The molecule has 1 unspecified atom stereocenters.